The van der Waals surface area contributed by atoms with Gasteiger partial charge in [-0.05, 0) is 19.1 Å². The summed E-state index contributed by atoms with van der Waals surface area (Å²) in [5, 5.41) is 6.82. The van der Waals surface area contributed by atoms with Crippen molar-refractivity contribution in [1.29, 1.82) is 0 Å². The molecule has 1 saturated heterocycles. The first kappa shape index (κ1) is 20.3. The molecule has 2 rings (SSSR count). The number of rotatable bonds is 7. The van der Waals surface area contributed by atoms with E-state index in [4.69, 9.17) is 16.3 Å². The second kappa shape index (κ2) is 10.9. The minimum atomic E-state index is -0.104. The number of para-hydroxylation sites is 1. The van der Waals surface area contributed by atoms with E-state index >= 15 is 0 Å². The molecule has 0 saturated carbocycles. The molecule has 7 nitrogen and oxygen atoms in total. The van der Waals surface area contributed by atoms with Gasteiger partial charge in [-0.1, -0.05) is 23.7 Å². The Bertz CT molecular complexity index is 603. The maximum absolute atomic E-state index is 11.8. The fraction of sp³-hybridized carbons (Fsp3) is 0.556. The van der Waals surface area contributed by atoms with Crippen molar-refractivity contribution in [3.05, 3.63) is 29.3 Å². The molecular formula is C18H28ClN5O2. The molecule has 0 bridgehead atoms. The van der Waals surface area contributed by atoms with E-state index in [0.717, 1.165) is 49.4 Å². The Balaban J connectivity index is 1.90. The highest BCUT2D eigenvalue weighted by molar-refractivity contribution is 6.33. The summed E-state index contributed by atoms with van der Waals surface area (Å²) < 4.78 is 4.92. The quantitative estimate of drug-likeness (QED) is 0.422. The second-order valence-corrected chi connectivity index (χ2v) is 6.35. The Hall–Kier alpha value is -1.99. The molecule has 1 aromatic rings. The standard InChI is InChI=1S/C18H28ClN5O2/c1-3-20-18(22-14-17(25)21-8-13-26-2)24-11-9-23(10-12-24)16-7-5-4-6-15(16)19/h4-7H,3,8-14H2,1-2H3,(H,20,22)(H,21,25). The molecule has 1 aromatic carbocycles. The van der Waals surface area contributed by atoms with E-state index in [1.54, 1.807) is 7.11 Å². The number of ether oxygens (including phenoxy) is 1. The Morgan fingerprint density at radius 2 is 1.96 bits per heavy atom. The van der Waals surface area contributed by atoms with Crippen molar-refractivity contribution in [3.63, 3.8) is 0 Å². The number of anilines is 1. The van der Waals surface area contributed by atoms with Crippen LogP contribution in [0.4, 0.5) is 5.69 Å². The molecule has 0 aliphatic carbocycles. The number of nitrogens with one attached hydrogen (secondary N) is 2. The molecule has 8 heteroatoms. The van der Waals surface area contributed by atoms with Gasteiger partial charge in [0.05, 0.1) is 17.3 Å². The van der Waals surface area contributed by atoms with Crippen LogP contribution < -0.4 is 15.5 Å². The van der Waals surface area contributed by atoms with Gasteiger partial charge in [-0.2, -0.15) is 0 Å². The number of hydrogen-bond acceptors (Lipinski definition) is 4. The average molecular weight is 382 g/mol. The van der Waals surface area contributed by atoms with Crippen LogP contribution in [0.15, 0.2) is 29.3 Å². The zero-order valence-electron chi connectivity index (χ0n) is 15.5. The first-order valence-corrected chi connectivity index (χ1v) is 9.32. The van der Waals surface area contributed by atoms with Gasteiger partial charge in [-0.25, -0.2) is 4.99 Å². The third kappa shape index (κ3) is 6.07. The van der Waals surface area contributed by atoms with E-state index in [1.807, 2.05) is 31.2 Å². The summed E-state index contributed by atoms with van der Waals surface area (Å²) in [5.41, 5.74) is 1.06. The molecule has 26 heavy (non-hydrogen) atoms. The number of guanidine groups is 1. The van der Waals surface area contributed by atoms with E-state index < -0.39 is 0 Å². The number of piperazine rings is 1. The molecule has 1 aliphatic heterocycles. The van der Waals surface area contributed by atoms with Crippen LogP contribution >= 0.6 is 11.6 Å². The van der Waals surface area contributed by atoms with Gasteiger partial charge >= 0.3 is 0 Å². The summed E-state index contributed by atoms with van der Waals surface area (Å²) in [4.78, 5) is 20.8. The van der Waals surface area contributed by atoms with Crippen LogP contribution in [-0.2, 0) is 9.53 Å². The summed E-state index contributed by atoms with van der Waals surface area (Å²) in [5.74, 6) is 0.667. The third-order valence-electron chi connectivity index (χ3n) is 4.11. The molecule has 144 valence electrons. The van der Waals surface area contributed by atoms with Crippen LogP contribution in [-0.4, -0.2) is 76.3 Å². The number of carbonyl (C=O) groups is 1. The molecule has 1 heterocycles. The minimum absolute atomic E-state index is 0.104. The van der Waals surface area contributed by atoms with Crippen molar-refractivity contribution in [3.8, 4) is 0 Å². The van der Waals surface area contributed by atoms with Crippen molar-refractivity contribution in [2.24, 2.45) is 4.99 Å². The summed E-state index contributed by atoms with van der Waals surface area (Å²) in [6.07, 6.45) is 0. The van der Waals surface area contributed by atoms with Crippen LogP contribution in [0.3, 0.4) is 0 Å². The van der Waals surface area contributed by atoms with E-state index in [1.165, 1.54) is 0 Å². The molecule has 0 atom stereocenters. The maximum Gasteiger partial charge on any atom is 0.241 e. The van der Waals surface area contributed by atoms with Crippen LogP contribution in [0, 0.1) is 0 Å². The Morgan fingerprint density at radius 1 is 1.23 bits per heavy atom. The normalized spacial score (nSPS) is 15.1. The SMILES string of the molecule is CCNC(=NCC(=O)NCCOC)N1CCN(c2ccccc2Cl)CC1. The van der Waals surface area contributed by atoms with E-state index in [2.05, 4.69) is 25.4 Å². The summed E-state index contributed by atoms with van der Waals surface area (Å²) in [6.45, 7) is 7.24. The highest BCUT2D eigenvalue weighted by Crippen LogP contribution is 2.25. The fourth-order valence-electron chi connectivity index (χ4n) is 2.79. The van der Waals surface area contributed by atoms with Gasteiger partial charge in [0.2, 0.25) is 5.91 Å². The van der Waals surface area contributed by atoms with Gasteiger partial charge in [0.15, 0.2) is 5.96 Å². The third-order valence-corrected chi connectivity index (χ3v) is 4.43. The number of hydrogen-bond donors (Lipinski definition) is 2. The Kier molecular flexibility index (Phi) is 8.50. The van der Waals surface area contributed by atoms with Crippen LogP contribution in [0.1, 0.15) is 6.92 Å². The predicted molar refractivity (Wildman–Crippen MR) is 106 cm³/mol. The highest BCUT2D eigenvalue weighted by Gasteiger charge is 2.21. The number of carbonyl (C=O) groups excluding carboxylic acids is 1. The van der Waals surface area contributed by atoms with Crippen LogP contribution in [0.2, 0.25) is 5.02 Å². The van der Waals surface area contributed by atoms with E-state index in [9.17, 15) is 4.79 Å². The molecular weight excluding hydrogens is 354 g/mol. The van der Waals surface area contributed by atoms with Gasteiger partial charge in [-0.3, -0.25) is 4.79 Å². The van der Waals surface area contributed by atoms with Crippen molar-refractivity contribution < 1.29 is 9.53 Å². The summed E-state index contributed by atoms with van der Waals surface area (Å²) in [7, 11) is 1.61. The number of amides is 1. The summed E-state index contributed by atoms with van der Waals surface area (Å²) in [6, 6.07) is 7.90. The molecule has 1 fully saturated rings. The zero-order chi connectivity index (χ0) is 18.8. The van der Waals surface area contributed by atoms with Crippen molar-refractivity contribution in [2.45, 2.75) is 6.92 Å². The largest absolute Gasteiger partial charge is 0.383 e. The van der Waals surface area contributed by atoms with Gasteiger partial charge < -0.3 is 25.2 Å². The highest BCUT2D eigenvalue weighted by atomic mass is 35.5. The van der Waals surface area contributed by atoms with Gasteiger partial charge in [-0.15, -0.1) is 0 Å². The van der Waals surface area contributed by atoms with Crippen LogP contribution in [0.25, 0.3) is 0 Å². The lowest BCUT2D eigenvalue weighted by molar-refractivity contribution is -0.119. The smallest absolute Gasteiger partial charge is 0.241 e. The van der Waals surface area contributed by atoms with Gasteiger partial charge in [0.1, 0.15) is 6.54 Å². The van der Waals surface area contributed by atoms with Crippen molar-refractivity contribution >= 4 is 29.2 Å². The molecule has 0 radical (unpaired) electrons. The minimum Gasteiger partial charge on any atom is -0.383 e. The first-order chi connectivity index (χ1) is 12.7. The van der Waals surface area contributed by atoms with Crippen molar-refractivity contribution in [1.82, 2.24) is 15.5 Å². The molecule has 0 unspecified atom stereocenters. The molecule has 1 aliphatic rings. The number of halogens is 1. The number of methoxy groups -OCH3 is 1. The molecule has 0 aromatic heterocycles. The average Bonchev–Trinajstić information content (AvgIpc) is 2.66. The summed E-state index contributed by atoms with van der Waals surface area (Å²) >= 11 is 6.30. The topological polar surface area (TPSA) is 69.2 Å². The first-order valence-electron chi connectivity index (χ1n) is 8.94. The zero-order valence-corrected chi connectivity index (χ0v) is 16.3. The fourth-order valence-corrected chi connectivity index (χ4v) is 3.04. The molecule has 0 spiro atoms. The monoisotopic (exact) mass is 381 g/mol. The van der Waals surface area contributed by atoms with Gasteiger partial charge in [0.25, 0.3) is 0 Å². The van der Waals surface area contributed by atoms with Crippen molar-refractivity contribution in [2.75, 3.05) is 64.4 Å². The Morgan fingerprint density at radius 3 is 2.62 bits per heavy atom. The lowest BCUT2D eigenvalue weighted by Crippen LogP contribution is -2.52. The van der Waals surface area contributed by atoms with Crippen LogP contribution in [0.5, 0.6) is 0 Å². The van der Waals surface area contributed by atoms with Gasteiger partial charge in [0, 0.05) is 46.4 Å². The number of benzene rings is 1. The van der Waals surface area contributed by atoms with E-state index in [-0.39, 0.29) is 12.5 Å². The number of nitrogens with zero attached hydrogens (tertiary/aromatic N) is 3. The Labute approximate surface area is 160 Å². The maximum atomic E-state index is 11.8. The lowest BCUT2D eigenvalue weighted by Gasteiger charge is -2.38. The lowest BCUT2D eigenvalue weighted by atomic mass is 10.2. The molecule has 2 N–H and O–H groups in total. The van der Waals surface area contributed by atoms with E-state index in [0.29, 0.717) is 13.2 Å². The predicted octanol–water partition coefficient (Wildman–Crippen LogP) is 1.19. The molecule has 1 amide bonds. The second-order valence-electron chi connectivity index (χ2n) is 5.94. The number of aliphatic imine (C=N–C) groups is 1.